The van der Waals surface area contributed by atoms with Gasteiger partial charge in [0, 0.05) is 0 Å². The lowest BCUT2D eigenvalue weighted by molar-refractivity contribution is -0.00916. The zero-order valence-electron chi connectivity index (χ0n) is 8.98. The third-order valence-electron chi connectivity index (χ3n) is 2.71. The van der Waals surface area contributed by atoms with Crippen molar-refractivity contribution in [2.75, 3.05) is 13.2 Å². The number of aliphatic hydroxyl groups excluding tert-OH is 3. The average molecular weight is 274 g/mol. The molecule has 0 aliphatic carbocycles. The number of hydrogen-bond acceptors (Lipinski definition) is 6. The largest absolute Gasteiger partial charge is 0.395 e. The second kappa shape index (κ2) is 5.50. The Bertz CT molecular complexity index is 358. The first kappa shape index (κ1) is 13.1. The molecule has 2 heterocycles. The summed E-state index contributed by atoms with van der Waals surface area (Å²) in [5.41, 5.74) is 0. The third kappa shape index (κ3) is 2.56. The Morgan fingerprint density at radius 3 is 2.82 bits per heavy atom. The predicted molar refractivity (Wildman–Crippen MR) is 69.9 cm³/mol. The normalized spacial score (nSPS) is 42.9. The summed E-state index contributed by atoms with van der Waals surface area (Å²) in [5, 5.41) is 32.3. The SMILES string of the molecule is C#CCN=C1NC2C(S1)SC(CO)C(O)C2O. The molecule has 5 atom stereocenters. The van der Waals surface area contributed by atoms with Gasteiger partial charge in [0.1, 0.15) is 12.6 Å². The van der Waals surface area contributed by atoms with Crippen LogP contribution in [0.4, 0.5) is 0 Å². The minimum Gasteiger partial charge on any atom is -0.395 e. The van der Waals surface area contributed by atoms with Gasteiger partial charge in [0.2, 0.25) is 0 Å². The molecule has 5 nitrogen and oxygen atoms in total. The predicted octanol–water partition coefficient (Wildman–Crippen LogP) is -1.16. The molecular weight excluding hydrogens is 260 g/mol. The van der Waals surface area contributed by atoms with Crippen LogP contribution in [-0.2, 0) is 0 Å². The van der Waals surface area contributed by atoms with Gasteiger partial charge in [-0.05, 0) is 0 Å². The van der Waals surface area contributed by atoms with Gasteiger partial charge >= 0.3 is 0 Å². The number of hydrogen-bond donors (Lipinski definition) is 4. The first-order chi connectivity index (χ1) is 8.17. The van der Waals surface area contributed by atoms with Gasteiger partial charge in [0.05, 0.1) is 28.6 Å². The molecule has 0 radical (unpaired) electrons. The molecule has 2 aliphatic heterocycles. The number of nitrogens with one attached hydrogen (secondary N) is 1. The number of terminal acetylenes is 1. The lowest BCUT2D eigenvalue weighted by Crippen LogP contribution is -2.56. The molecule has 94 valence electrons. The Hall–Kier alpha value is -0.390. The van der Waals surface area contributed by atoms with Crippen molar-refractivity contribution in [2.45, 2.75) is 28.1 Å². The van der Waals surface area contributed by atoms with Crippen LogP contribution in [0.25, 0.3) is 0 Å². The van der Waals surface area contributed by atoms with Crippen LogP contribution in [0, 0.1) is 12.3 Å². The highest BCUT2D eigenvalue weighted by atomic mass is 32.2. The van der Waals surface area contributed by atoms with Crippen LogP contribution in [0.3, 0.4) is 0 Å². The fraction of sp³-hybridized carbons (Fsp3) is 0.700. The molecule has 17 heavy (non-hydrogen) atoms. The standard InChI is InChI=1S/C10H14N2O3S2/c1-2-3-11-10-12-6-8(15)7(14)5(4-13)16-9(6)17-10/h1,5-9,13-15H,3-4H2,(H,11,12). The van der Waals surface area contributed by atoms with E-state index in [0.717, 1.165) is 0 Å². The van der Waals surface area contributed by atoms with Crippen LogP contribution in [0.1, 0.15) is 0 Å². The van der Waals surface area contributed by atoms with E-state index in [9.17, 15) is 10.2 Å². The number of fused-ring (bicyclic) bond motifs is 1. The van der Waals surface area contributed by atoms with Crippen molar-refractivity contribution in [3.05, 3.63) is 0 Å². The molecular formula is C10H14N2O3S2. The number of amidine groups is 1. The van der Waals surface area contributed by atoms with E-state index in [1.807, 2.05) is 0 Å². The highest BCUT2D eigenvalue weighted by molar-refractivity contribution is 8.25. The summed E-state index contributed by atoms with van der Waals surface area (Å²) in [6.45, 7) is 0.144. The van der Waals surface area contributed by atoms with E-state index in [0.29, 0.717) is 11.7 Å². The van der Waals surface area contributed by atoms with E-state index in [1.54, 1.807) is 0 Å². The molecule has 4 N–H and O–H groups in total. The van der Waals surface area contributed by atoms with E-state index in [1.165, 1.54) is 23.5 Å². The van der Waals surface area contributed by atoms with Gasteiger partial charge in [-0.3, -0.25) is 0 Å². The van der Waals surface area contributed by atoms with Crippen molar-refractivity contribution in [1.29, 1.82) is 0 Å². The summed E-state index contributed by atoms with van der Waals surface area (Å²) >= 11 is 2.94. The van der Waals surface area contributed by atoms with Crippen molar-refractivity contribution in [1.82, 2.24) is 5.32 Å². The summed E-state index contributed by atoms with van der Waals surface area (Å²) in [5.74, 6) is 2.42. The second-order valence-corrected chi connectivity index (χ2v) is 6.63. The maximum Gasteiger partial charge on any atom is 0.159 e. The van der Waals surface area contributed by atoms with Gasteiger partial charge in [-0.25, -0.2) is 4.99 Å². The van der Waals surface area contributed by atoms with E-state index >= 15 is 0 Å². The molecule has 0 aromatic heterocycles. The molecule has 2 saturated heterocycles. The van der Waals surface area contributed by atoms with Gasteiger partial charge < -0.3 is 20.6 Å². The highest BCUT2D eigenvalue weighted by Gasteiger charge is 2.48. The Labute approximate surface area is 108 Å². The molecule has 0 bridgehead atoms. The van der Waals surface area contributed by atoms with Gasteiger partial charge in [0.25, 0.3) is 0 Å². The summed E-state index contributed by atoms with van der Waals surface area (Å²) in [7, 11) is 0. The van der Waals surface area contributed by atoms with Gasteiger partial charge in [-0.1, -0.05) is 17.7 Å². The molecule has 0 amide bonds. The summed E-state index contributed by atoms with van der Waals surface area (Å²) < 4.78 is 0.0436. The molecule has 2 rings (SSSR count). The first-order valence-corrected chi connectivity index (χ1v) is 7.03. The first-order valence-electron chi connectivity index (χ1n) is 5.21. The Kier molecular flexibility index (Phi) is 4.22. The zero-order chi connectivity index (χ0) is 12.4. The number of thioether (sulfide) groups is 2. The van der Waals surface area contributed by atoms with E-state index in [4.69, 9.17) is 11.5 Å². The maximum absolute atomic E-state index is 9.95. The third-order valence-corrected chi connectivity index (χ3v) is 5.67. The van der Waals surface area contributed by atoms with E-state index in [2.05, 4.69) is 16.2 Å². The van der Waals surface area contributed by atoms with Crippen LogP contribution in [0.5, 0.6) is 0 Å². The van der Waals surface area contributed by atoms with Crippen molar-refractivity contribution in [3.8, 4) is 12.3 Å². The second-order valence-electron chi connectivity index (χ2n) is 3.82. The fourth-order valence-electron chi connectivity index (χ4n) is 1.82. The van der Waals surface area contributed by atoms with E-state index in [-0.39, 0.29) is 22.5 Å². The smallest absolute Gasteiger partial charge is 0.159 e. The molecule has 0 spiro atoms. The van der Waals surface area contributed by atoms with E-state index < -0.39 is 12.2 Å². The summed E-state index contributed by atoms with van der Waals surface area (Å²) in [6.07, 6.45) is 3.30. The molecule has 0 aromatic carbocycles. The van der Waals surface area contributed by atoms with Crippen LogP contribution in [-0.4, -0.2) is 61.7 Å². The maximum atomic E-state index is 9.95. The molecule has 7 heteroatoms. The van der Waals surface area contributed by atoms with Crippen LogP contribution in [0.15, 0.2) is 4.99 Å². The summed E-state index contributed by atoms with van der Waals surface area (Å²) in [4.78, 5) is 4.14. The molecule has 0 aromatic rings. The summed E-state index contributed by atoms with van der Waals surface area (Å²) in [6, 6.07) is -0.251. The Morgan fingerprint density at radius 2 is 2.18 bits per heavy atom. The van der Waals surface area contributed by atoms with Gasteiger partial charge in [0.15, 0.2) is 5.17 Å². The van der Waals surface area contributed by atoms with Crippen LogP contribution < -0.4 is 5.32 Å². The van der Waals surface area contributed by atoms with Crippen molar-refractivity contribution in [2.24, 2.45) is 4.99 Å². The van der Waals surface area contributed by atoms with Gasteiger partial charge in [-0.2, -0.15) is 0 Å². The number of nitrogens with zero attached hydrogens (tertiary/aromatic N) is 1. The Morgan fingerprint density at radius 1 is 1.41 bits per heavy atom. The minimum absolute atomic E-state index is 0.0436. The molecule has 0 saturated carbocycles. The lowest BCUT2D eigenvalue weighted by Gasteiger charge is -2.37. The number of aliphatic hydroxyl groups is 3. The zero-order valence-corrected chi connectivity index (χ0v) is 10.6. The molecule has 2 aliphatic rings. The van der Waals surface area contributed by atoms with Crippen molar-refractivity contribution < 1.29 is 15.3 Å². The minimum atomic E-state index is -0.925. The Balaban J connectivity index is 2.08. The lowest BCUT2D eigenvalue weighted by atomic mass is 10.0. The molecule has 5 unspecified atom stereocenters. The monoisotopic (exact) mass is 274 g/mol. The number of rotatable bonds is 2. The fourth-order valence-corrected chi connectivity index (χ4v) is 4.84. The highest BCUT2D eigenvalue weighted by Crippen LogP contribution is 2.42. The van der Waals surface area contributed by atoms with Crippen LogP contribution >= 0.6 is 23.5 Å². The topological polar surface area (TPSA) is 85.1 Å². The van der Waals surface area contributed by atoms with Crippen molar-refractivity contribution in [3.63, 3.8) is 0 Å². The number of aliphatic imine (C=N–C) groups is 1. The van der Waals surface area contributed by atoms with Crippen molar-refractivity contribution >= 4 is 28.7 Å². The quantitative estimate of drug-likeness (QED) is 0.475. The average Bonchev–Trinajstić information content (AvgIpc) is 2.74. The van der Waals surface area contributed by atoms with Gasteiger partial charge in [-0.15, -0.1) is 18.2 Å². The van der Waals surface area contributed by atoms with Crippen LogP contribution in [0.2, 0.25) is 0 Å². The molecule has 2 fully saturated rings.